The van der Waals surface area contributed by atoms with E-state index in [1.807, 2.05) is 13.8 Å². The Morgan fingerprint density at radius 2 is 1.04 bits per heavy atom. The van der Waals surface area contributed by atoms with E-state index in [9.17, 15) is 36.0 Å². The van der Waals surface area contributed by atoms with E-state index in [1.165, 1.54) is 0 Å². The van der Waals surface area contributed by atoms with Crippen molar-refractivity contribution in [2.24, 2.45) is 0 Å². The fourth-order valence-electron chi connectivity index (χ4n) is 6.44. The maximum atomic E-state index is 12.8. The Morgan fingerprint density at radius 3 is 1.36 bits per heavy atom. The highest BCUT2D eigenvalue weighted by molar-refractivity contribution is 7.86. The lowest BCUT2D eigenvalue weighted by Crippen LogP contribution is -2.29. The molecule has 16 nitrogen and oxygen atoms in total. The molecule has 0 unspecified atom stereocenters. The van der Waals surface area contributed by atoms with E-state index in [0.29, 0.717) is 56.5 Å². The van der Waals surface area contributed by atoms with Gasteiger partial charge in [-0.3, -0.25) is 28.3 Å². The van der Waals surface area contributed by atoms with Gasteiger partial charge in [-0.1, -0.05) is 25.3 Å². The van der Waals surface area contributed by atoms with Crippen LogP contribution >= 0.6 is 0 Å². The van der Waals surface area contributed by atoms with E-state index in [0.717, 1.165) is 22.3 Å². The van der Waals surface area contributed by atoms with Crippen LogP contribution < -0.4 is 21.3 Å². The molecule has 2 aliphatic rings. The molecule has 2 aromatic rings. The molecule has 0 bridgehead atoms. The van der Waals surface area contributed by atoms with Gasteiger partial charge in [0.2, 0.25) is 11.8 Å². The Morgan fingerprint density at radius 1 is 0.673 bits per heavy atom. The smallest absolute Gasteiger partial charge is 0.266 e. The Balaban J connectivity index is 1.75. The molecular weight excluding hydrogens is 753 g/mol. The third-order valence-electron chi connectivity index (χ3n) is 9.49. The minimum atomic E-state index is -4.26. The second-order valence-corrected chi connectivity index (χ2v) is 16.3. The van der Waals surface area contributed by atoms with Crippen LogP contribution in [0, 0.1) is 13.8 Å². The van der Waals surface area contributed by atoms with E-state index in [4.69, 9.17) is 9.11 Å². The normalized spacial score (nSPS) is 16.3. The second kappa shape index (κ2) is 17.4. The molecule has 55 heavy (non-hydrogen) atoms. The summed E-state index contributed by atoms with van der Waals surface area (Å²) in [7, 11) is -8.53. The molecule has 0 aliphatic carbocycles. The van der Waals surface area contributed by atoms with Crippen LogP contribution in [0.1, 0.15) is 71.7 Å². The molecule has 18 heteroatoms. The highest BCUT2D eigenvalue weighted by atomic mass is 32.2. The molecule has 296 valence electrons. The lowest BCUT2D eigenvalue weighted by Gasteiger charge is -2.09. The van der Waals surface area contributed by atoms with Gasteiger partial charge in [0.25, 0.3) is 32.1 Å². The average Bonchev–Trinajstić information content (AvgIpc) is 3.73. The third kappa shape index (κ3) is 10.9. The van der Waals surface area contributed by atoms with E-state index < -0.39 is 43.6 Å². The van der Waals surface area contributed by atoms with Gasteiger partial charge in [-0.05, 0) is 74.9 Å². The van der Waals surface area contributed by atoms with Crippen molar-refractivity contribution in [2.45, 2.75) is 59.8 Å². The van der Waals surface area contributed by atoms with Crippen LogP contribution in [0.4, 0.5) is 0 Å². The van der Waals surface area contributed by atoms with Crippen molar-refractivity contribution < 1.29 is 45.1 Å². The number of nitrogens with one attached hydrogen (secondary N) is 6. The van der Waals surface area contributed by atoms with Gasteiger partial charge < -0.3 is 31.2 Å². The van der Waals surface area contributed by atoms with Gasteiger partial charge in [0.15, 0.2) is 0 Å². The van der Waals surface area contributed by atoms with Gasteiger partial charge >= 0.3 is 0 Å². The molecule has 4 heterocycles. The standard InChI is InChI=1S/C37H46N6O10S2/c1-7-24-22(5)36(46)42-30(24)17-28-20(3)26(9-11-34(44)38-13-15-54(48,49)50)32(40-28)19-33-27(10-12-35(45)39-14-16-55(51,52)53)21(4)29(41-33)18-31-25(8-2)23(6)37(47)43-31/h7-8,17-18,40-41H,1-2,9-16,19H2,3-6H3,(H,38,44)(H,39,45)(H,42,46)(H,43,47)(H,48,49,50)(H,51,52,53). The van der Waals surface area contributed by atoms with Crippen LogP contribution in [0.3, 0.4) is 0 Å². The fraction of sp³-hybridized carbons (Fsp3) is 0.351. The first-order valence-electron chi connectivity index (χ1n) is 17.3. The largest absolute Gasteiger partial charge is 0.358 e. The summed E-state index contributed by atoms with van der Waals surface area (Å²) in [5, 5.41) is 10.7. The summed E-state index contributed by atoms with van der Waals surface area (Å²) in [5.74, 6) is -2.65. The Bertz CT molecular complexity index is 2140. The Kier molecular flexibility index (Phi) is 13.5. The first kappa shape index (κ1) is 42.4. The van der Waals surface area contributed by atoms with E-state index in [1.54, 1.807) is 38.2 Å². The molecule has 0 aromatic carbocycles. The molecule has 2 aliphatic heterocycles. The van der Waals surface area contributed by atoms with Crippen LogP contribution in [0.25, 0.3) is 12.2 Å². The molecule has 0 atom stereocenters. The highest BCUT2D eigenvalue weighted by Gasteiger charge is 2.26. The van der Waals surface area contributed by atoms with Crippen LogP contribution in [0.2, 0.25) is 0 Å². The van der Waals surface area contributed by atoms with Crippen molar-refractivity contribution in [3.63, 3.8) is 0 Å². The van der Waals surface area contributed by atoms with Gasteiger partial charge in [-0.2, -0.15) is 16.8 Å². The quantitative estimate of drug-likeness (QED) is 0.102. The third-order valence-corrected chi connectivity index (χ3v) is 10.9. The van der Waals surface area contributed by atoms with Crippen LogP contribution in [0.5, 0.6) is 0 Å². The van der Waals surface area contributed by atoms with Gasteiger partial charge in [0.05, 0.1) is 22.9 Å². The summed E-state index contributed by atoms with van der Waals surface area (Å²) >= 11 is 0. The van der Waals surface area contributed by atoms with E-state index in [-0.39, 0.29) is 57.0 Å². The molecule has 0 fully saturated rings. The maximum Gasteiger partial charge on any atom is 0.266 e. The number of hydrogen-bond donors (Lipinski definition) is 8. The first-order chi connectivity index (χ1) is 25.7. The Labute approximate surface area is 319 Å². The topological polar surface area (TPSA) is 257 Å². The lowest BCUT2D eigenvalue weighted by atomic mass is 9.98. The molecule has 2 aromatic heterocycles. The van der Waals surface area contributed by atoms with Crippen molar-refractivity contribution in [1.29, 1.82) is 0 Å². The summed E-state index contributed by atoms with van der Waals surface area (Å²) < 4.78 is 62.6. The number of hydrogen-bond acceptors (Lipinski definition) is 8. The minimum absolute atomic E-state index is 0.0196. The number of allylic oxidation sites excluding steroid dienone is 2. The van der Waals surface area contributed by atoms with Crippen molar-refractivity contribution >= 4 is 56.0 Å². The number of H-pyrrole nitrogens is 2. The molecular formula is C37H46N6O10S2. The second-order valence-electron chi connectivity index (χ2n) is 13.2. The molecule has 0 radical (unpaired) electrons. The monoisotopic (exact) mass is 798 g/mol. The molecule has 0 spiro atoms. The van der Waals surface area contributed by atoms with Gasteiger partial charge in [-0.15, -0.1) is 0 Å². The number of amides is 4. The Hall–Kier alpha value is -5.30. The number of rotatable bonds is 18. The zero-order valence-electron chi connectivity index (χ0n) is 31.1. The molecule has 0 saturated heterocycles. The number of aromatic amines is 2. The van der Waals surface area contributed by atoms with Crippen molar-refractivity contribution in [1.82, 2.24) is 31.2 Å². The van der Waals surface area contributed by atoms with Crippen LogP contribution in [-0.2, 0) is 58.7 Å². The highest BCUT2D eigenvalue weighted by Crippen LogP contribution is 2.31. The fourth-order valence-corrected chi connectivity index (χ4v) is 7.16. The summed E-state index contributed by atoms with van der Waals surface area (Å²) in [4.78, 5) is 57.4. The zero-order chi connectivity index (χ0) is 40.8. The van der Waals surface area contributed by atoms with Crippen molar-refractivity contribution in [3.8, 4) is 0 Å². The predicted molar refractivity (Wildman–Crippen MR) is 207 cm³/mol. The van der Waals surface area contributed by atoms with E-state index >= 15 is 0 Å². The number of carbonyl (C=O) groups excluding carboxylic acids is 4. The minimum Gasteiger partial charge on any atom is -0.358 e. The number of aromatic nitrogens is 2. The van der Waals surface area contributed by atoms with Gasteiger partial charge in [0, 0.05) is 77.4 Å². The summed E-state index contributed by atoms with van der Waals surface area (Å²) in [6.07, 6.45) is 7.40. The molecule has 0 saturated carbocycles. The molecule has 4 rings (SSSR count). The maximum absolute atomic E-state index is 12.8. The average molecular weight is 799 g/mol. The SMILES string of the molecule is C=CC1=C(C)C(=O)NC1=Cc1[nH]c(Cc2[nH]c(C=C3NC(=O)C(C)=C3C=C)c(C)c2CCC(=O)NCCS(=O)(=O)O)c(CCC(=O)NCCS(=O)(=O)O)c1C. The molecule has 4 amide bonds. The van der Waals surface area contributed by atoms with Crippen molar-refractivity contribution in [2.75, 3.05) is 24.6 Å². The van der Waals surface area contributed by atoms with Crippen molar-refractivity contribution in [3.05, 3.63) is 104 Å². The summed E-state index contributed by atoms with van der Waals surface area (Å²) in [6, 6.07) is 0. The van der Waals surface area contributed by atoms with Crippen LogP contribution in [0.15, 0.2) is 59.0 Å². The van der Waals surface area contributed by atoms with Gasteiger partial charge in [-0.25, -0.2) is 0 Å². The molecule has 8 N–H and O–H groups in total. The lowest BCUT2D eigenvalue weighted by molar-refractivity contribution is -0.121. The van der Waals surface area contributed by atoms with Crippen LogP contribution in [-0.4, -0.2) is 84.1 Å². The summed E-state index contributed by atoms with van der Waals surface area (Å²) in [6.45, 7) is 14.2. The predicted octanol–water partition coefficient (Wildman–Crippen LogP) is 2.37. The van der Waals surface area contributed by atoms with Gasteiger partial charge in [0.1, 0.15) is 0 Å². The zero-order valence-corrected chi connectivity index (χ0v) is 32.7. The summed E-state index contributed by atoms with van der Waals surface area (Å²) in [5.41, 5.74) is 9.18. The first-order valence-corrected chi connectivity index (χ1v) is 20.5. The number of carbonyl (C=O) groups is 4. The van der Waals surface area contributed by atoms with E-state index in [2.05, 4.69) is 44.4 Å².